The molecule has 0 atom stereocenters. The zero-order valence-corrected chi connectivity index (χ0v) is 11.8. The van der Waals surface area contributed by atoms with Crippen molar-refractivity contribution in [3.8, 4) is 0 Å². The highest BCUT2D eigenvalue weighted by Gasteiger charge is 2.17. The molecule has 1 heterocycles. The Morgan fingerprint density at radius 3 is 2.71 bits per heavy atom. The van der Waals surface area contributed by atoms with E-state index in [4.69, 9.17) is 0 Å². The van der Waals surface area contributed by atoms with Crippen LogP contribution in [0.15, 0.2) is 16.9 Å². The predicted octanol–water partition coefficient (Wildman–Crippen LogP) is 0.727. The van der Waals surface area contributed by atoms with Gasteiger partial charge in [-0.2, -0.15) is 0 Å². The molecule has 2 aromatic rings. The summed E-state index contributed by atoms with van der Waals surface area (Å²) in [7, 11) is 1.22. The predicted molar refractivity (Wildman–Crippen MR) is 75.2 cm³/mol. The van der Waals surface area contributed by atoms with Crippen LogP contribution in [-0.2, 0) is 9.53 Å². The van der Waals surface area contributed by atoms with E-state index in [0.717, 1.165) is 0 Å². The lowest BCUT2D eigenvalue weighted by atomic mass is 10.1. The summed E-state index contributed by atoms with van der Waals surface area (Å²) in [5, 5.41) is 10.4. The number of anilines is 1. The fourth-order valence-electron chi connectivity index (χ4n) is 1.90. The first-order valence-electron chi connectivity index (χ1n) is 6.21. The van der Waals surface area contributed by atoms with Crippen LogP contribution in [0.5, 0.6) is 0 Å². The minimum atomic E-state index is -0.643. The van der Waals surface area contributed by atoms with Gasteiger partial charge in [-0.05, 0) is 26.0 Å². The largest absolute Gasteiger partial charge is 0.465 e. The number of rotatable bonds is 4. The number of esters is 1. The van der Waals surface area contributed by atoms with Crippen molar-refractivity contribution in [3.63, 3.8) is 0 Å². The molecule has 0 saturated heterocycles. The SMILES string of the molecule is COC(=O)c1cc2nnn(C(C)C)c(=O)c2cc1NC=O. The van der Waals surface area contributed by atoms with Crippen LogP contribution in [0.25, 0.3) is 10.9 Å². The van der Waals surface area contributed by atoms with Gasteiger partial charge in [-0.25, -0.2) is 9.48 Å². The minimum Gasteiger partial charge on any atom is -0.465 e. The van der Waals surface area contributed by atoms with E-state index < -0.39 is 5.97 Å². The number of carbonyl (C=O) groups excluding carboxylic acids is 2. The Morgan fingerprint density at radius 1 is 1.43 bits per heavy atom. The van der Waals surface area contributed by atoms with Crippen LogP contribution >= 0.6 is 0 Å². The van der Waals surface area contributed by atoms with Gasteiger partial charge < -0.3 is 10.1 Å². The molecule has 0 unspecified atom stereocenters. The van der Waals surface area contributed by atoms with E-state index in [9.17, 15) is 14.4 Å². The number of nitrogens with zero attached hydrogens (tertiary/aromatic N) is 3. The Kier molecular flexibility index (Phi) is 3.97. The molecule has 110 valence electrons. The van der Waals surface area contributed by atoms with Crippen LogP contribution in [0.2, 0.25) is 0 Å². The van der Waals surface area contributed by atoms with Gasteiger partial charge in [-0.3, -0.25) is 9.59 Å². The maximum absolute atomic E-state index is 12.3. The standard InChI is InChI=1S/C13H14N4O4/c1-7(2)17-12(19)8-4-10(14-6-18)9(13(20)21-3)5-11(8)15-16-17/h4-7H,1-3H3,(H,14,18). The van der Waals surface area contributed by atoms with Gasteiger partial charge in [-0.15, -0.1) is 5.10 Å². The van der Waals surface area contributed by atoms with Crippen molar-refractivity contribution >= 4 is 29.0 Å². The normalized spacial score (nSPS) is 10.7. The van der Waals surface area contributed by atoms with Crippen molar-refractivity contribution in [1.29, 1.82) is 0 Å². The number of amides is 1. The van der Waals surface area contributed by atoms with Gasteiger partial charge >= 0.3 is 5.97 Å². The number of hydrogen-bond donors (Lipinski definition) is 1. The summed E-state index contributed by atoms with van der Waals surface area (Å²) >= 11 is 0. The second-order valence-corrected chi connectivity index (χ2v) is 4.60. The third kappa shape index (κ3) is 2.60. The molecule has 21 heavy (non-hydrogen) atoms. The van der Waals surface area contributed by atoms with Gasteiger partial charge in [-0.1, -0.05) is 5.21 Å². The van der Waals surface area contributed by atoms with Crippen LogP contribution in [0.3, 0.4) is 0 Å². The fourth-order valence-corrected chi connectivity index (χ4v) is 1.90. The van der Waals surface area contributed by atoms with Crippen molar-refractivity contribution in [3.05, 3.63) is 28.0 Å². The van der Waals surface area contributed by atoms with Crippen LogP contribution in [0.4, 0.5) is 5.69 Å². The Balaban J connectivity index is 2.77. The fraction of sp³-hybridized carbons (Fsp3) is 0.308. The molecule has 0 fully saturated rings. The lowest BCUT2D eigenvalue weighted by Crippen LogP contribution is -2.26. The topological polar surface area (TPSA) is 103 Å². The Labute approximate surface area is 119 Å². The van der Waals surface area contributed by atoms with Crippen molar-refractivity contribution in [2.45, 2.75) is 19.9 Å². The molecule has 8 nitrogen and oxygen atoms in total. The van der Waals surface area contributed by atoms with E-state index in [0.29, 0.717) is 6.41 Å². The molecule has 1 N–H and O–H groups in total. The number of ether oxygens (including phenoxy) is 1. The van der Waals surface area contributed by atoms with Gasteiger partial charge in [0.25, 0.3) is 5.56 Å². The smallest absolute Gasteiger partial charge is 0.340 e. The quantitative estimate of drug-likeness (QED) is 0.657. The highest BCUT2D eigenvalue weighted by atomic mass is 16.5. The Morgan fingerprint density at radius 2 is 2.14 bits per heavy atom. The molecule has 1 amide bonds. The van der Waals surface area contributed by atoms with Crippen LogP contribution in [0, 0.1) is 0 Å². The lowest BCUT2D eigenvalue weighted by Gasteiger charge is -2.10. The second-order valence-electron chi connectivity index (χ2n) is 4.60. The zero-order valence-electron chi connectivity index (χ0n) is 11.8. The molecule has 0 bridgehead atoms. The van der Waals surface area contributed by atoms with Crippen molar-refractivity contribution in [2.24, 2.45) is 0 Å². The molecule has 0 spiro atoms. The summed E-state index contributed by atoms with van der Waals surface area (Å²) in [4.78, 5) is 34.7. The molecule has 8 heteroatoms. The number of nitrogens with one attached hydrogen (secondary N) is 1. The van der Waals surface area contributed by atoms with Gasteiger partial charge in [0.2, 0.25) is 6.41 Å². The molecule has 1 aromatic carbocycles. The first-order chi connectivity index (χ1) is 9.99. The number of aromatic nitrogens is 3. The van der Waals surface area contributed by atoms with E-state index in [-0.39, 0.29) is 33.8 Å². The van der Waals surface area contributed by atoms with E-state index in [1.165, 1.54) is 23.9 Å². The number of carbonyl (C=O) groups is 2. The molecule has 0 aliphatic heterocycles. The Bertz CT molecular complexity index is 767. The molecule has 0 radical (unpaired) electrons. The van der Waals surface area contributed by atoms with Crippen LogP contribution in [-0.4, -0.2) is 34.5 Å². The number of methoxy groups -OCH3 is 1. The summed E-state index contributed by atoms with van der Waals surface area (Å²) < 4.78 is 5.87. The summed E-state index contributed by atoms with van der Waals surface area (Å²) in [6.07, 6.45) is 0.420. The van der Waals surface area contributed by atoms with E-state index in [1.807, 2.05) is 0 Å². The van der Waals surface area contributed by atoms with Gasteiger partial charge in [0, 0.05) is 0 Å². The molecule has 0 saturated carbocycles. The number of benzene rings is 1. The third-order valence-corrected chi connectivity index (χ3v) is 2.93. The molecule has 0 aliphatic rings. The highest BCUT2D eigenvalue weighted by molar-refractivity contribution is 6.02. The summed E-state index contributed by atoms with van der Waals surface area (Å²) in [5.41, 5.74) is 0.201. The average molecular weight is 290 g/mol. The maximum atomic E-state index is 12.3. The average Bonchev–Trinajstić information content (AvgIpc) is 2.46. The second kappa shape index (κ2) is 5.70. The molecule has 2 rings (SSSR count). The van der Waals surface area contributed by atoms with Crippen LogP contribution in [0.1, 0.15) is 30.2 Å². The first kappa shape index (κ1) is 14.6. The van der Waals surface area contributed by atoms with Crippen molar-refractivity contribution in [1.82, 2.24) is 15.0 Å². The van der Waals surface area contributed by atoms with Crippen LogP contribution < -0.4 is 10.9 Å². The molecular formula is C13H14N4O4. The first-order valence-corrected chi connectivity index (χ1v) is 6.21. The van der Waals surface area contributed by atoms with E-state index in [1.54, 1.807) is 13.8 Å². The lowest BCUT2D eigenvalue weighted by molar-refractivity contribution is -0.105. The van der Waals surface area contributed by atoms with Crippen molar-refractivity contribution < 1.29 is 14.3 Å². The minimum absolute atomic E-state index is 0.105. The van der Waals surface area contributed by atoms with E-state index in [2.05, 4.69) is 20.4 Å². The molecule has 1 aromatic heterocycles. The maximum Gasteiger partial charge on any atom is 0.340 e. The van der Waals surface area contributed by atoms with E-state index >= 15 is 0 Å². The Hall–Kier alpha value is -2.77. The monoisotopic (exact) mass is 290 g/mol. The molecule has 0 aliphatic carbocycles. The number of hydrogen-bond acceptors (Lipinski definition) is 6. The zero-order chi connectivity index (χ0) is 15.6. The van der Waals surface area contributed by atoms with Gasteiger partial charge in [0.15, 0.2) is 0 Å². The van der Waals surface area contributed by atoms with Gasteiger partial charge in [0.05, 0.1) is 29.8 Å². The van der Waals surface area contributed by atoms with Crippen molar-refractivity contribution in [2.75, 3.05) is 12.4 Å². The summed E-state index contributed by atoms with van der Waals surface area (Å²) in [5.74, 6) is -0.643. The number of fused-ring (bicyclic) bond motifs is 1. The third-order valence-electron chi connectivity index (χ3n) is 2.93. The van der Waals surface area contributed by atoms with Gasteiger partial charge in [0.1, 0.15) is 5.52 Å². The summed E-state index contributed by atoms with van der Waals surface area (Å²) in [6.45, 7) is 3.60. The highest BCUT2D eigenvalue weighted by Crippen LogP contribution is 2.21. The summed E-state index contributed by atoms with van der Waals surface area (Å²) in [6, 6.07) is 2.61. The molecular weight excluding hydrogens is 276 g/mol.